The van der Waals surface area contributed by atoms with Gasteiger partial charge in [0.15, 0.2) is 0 Å². The maximum absolute atomic E-state index is 12.3. The number of hydrogen-bond donors (Lipinski definition) is 2. The van der Waals surface area contributed by atoms with E-state index in [-0.39, 0.29) is 23.1 Å². The van der Waals surface area contributed by atoms with Crippen LogP contribution in [0.1, 0.15) is 30.6 Å². The highest BCUT2D eigenvalue weighted by Gasteiger charge is 2.22. The summed E-state index contributed by atoms with van der Waals surface area (Å²) in [5.74, 6) is -1.36. The highest BCUT2D eigenvalue weighted by Crippen LogP contribution is 2.24. The summed E-state index contributed by atoms with van der Waals surface area (Å²) in [5.41, 5.74) is 0.321. The normalized spacial score (nSPS) is 11.9. The smallest absolute Gasteiger partial charge is 0.305 e. The highest BCUT2D eigenvalue weighted by molar-refractivity contribution is 6.32. The number of aliphatic carboxylic acids is 1. The van der Waals surface area contributed by atoms with Gasteiger partial charge in [-0.25, -0.2) is 0 Å². The van der Waals surface area contributed by atoms with Gasteiger partial charge in [-0.15, -0.1) is 0 Å². The van der Waals surface area contributed by atoms with Crippen LogP contribution in [0.2, 0.25) is 5.02 Å². The fourth-order valence-corrected chi connectivity index (χ4v) is 2.00. The van der Waals surface area contributed by atoms with E-state index < -0.39 is 12.0 Å². The minimum Gasteiger partial charge on any atom is -0.506 e. The fraction of sp³-hybridized carbons (Fsp3) is 0.385. The van der Waals surface area contributed by atoms with Crippen molar-refractivity contribution in [2.75, 3.05) is 6.54 Å². The van der Waals surface area contributed by atoms with Crippen LogP contribution >= 0.6 is 11.6 Å². The van der Waals surface area contributed by atoms with Crippen LogP contribution in [-0.4, -0.2) is 39.6 Å². The van der Waals surface area contributed by atoms with Gasteiger partial charge < -0.3 is 15.1 Å². The molecular formula is C13H16ClNO4. The van der Waals surface area contributed by atoms with Crippen molar-refractivity contribution in [3.8, 4) is 5.75 Å². The van der Waals surface area contributed by atoms with Crippen LogP contribution < -0.4 is 0 Å². The van der Waals surface area contributed by atoms with Gasteiger partial charge >= 0.3 is 5.97 Å². The number of rotatable bonds is 5. The summed E-state index contributed by atoms with van der Waals surface area (Å²) >= 11 is 5.75. The third-order valence-corrected chi connectivity index (χ3v) is 3.10. The molecule has 1 amide bonds. The van der Waals surface area contributed by atoms with E-state index in [1.807, 2.05) is 0 Å². The lowest BCUT2D eigenvalue weighted by molar-refractivity contribution is -0.138. The van der Waals surface area contributed by atoms with Gasteiger partial charge in [-0.1, -0.05) is 11.6 Å². The van der Waals surface area contributed by atoms with E-state index in [0.717, 1.165) is 0 Å². The quantitative estimate of drug-likeness (QED) is 0.870. The van der Waals surface area contributed by atoms with Gasteiger partial charge in [-0.3, -0.25) is 9.59 Å². The first-order valence-corrected chi connectivity index (χ1v) is 6.25. The molecule has 104 valence electrons. The van der Waals surface area contributed by atoms with Crippen molar-refractivity contribution in [2.24, 2.45) is 0 Å². The predicted octanol–water partition coefficient (Wildman–Crippen LogP) is 2.37. The summed E-state index contributed by atoms with van der Waals surface area (Å²) in [6, 6.07) is 3.75. The molecule has 0 radical (unpaired) electrons. The second kappa shape index (κ2) is 6.43. The molecule has 19 heavy (non-hydrogen) atoms. The Hall–Kier alpha value is -1.75. The number of benzene rings is 1. The zero-order valence-electron chi connectivity index (χ0n) is 10.8. The number of aromatic hydroxyl groups is 1. The Bertz CT molecular complexity index is 490. The molecule has 0 spiro atoms. The number of halogens is 1. The number of carboxylic acid groups (broad SMARTS) is 1. The van der Waals surface area contributed by atoms with Crippen molar-refractivity contribution < 1.29 is 19.8 Å². The molecule has 2 N–H and O–H groups in total. The minimum atomic E-state index is -0.956. The third-order valence-electron chi connectivity index (χ3n) is 2.80. The molecule has 5 nitrogen and oxygen atoms in total. The summed E-state index contributed by atoms with van der Waals surface area (Å²) in [5, 5.41) is 18.2. The average Bonchev–Trinajstić information content (AvgIpc) is 2.32. The lowest BCUT2D eigenvalue weighted by atomic mass is 10.1. The number of nitrogens with zero attached hydrogens (tertiary/aromatic N) is 1. The molecule has 1 atom stereocenters. The predicted molar refractivity (Wildman–Crippen MR) is 71.5 cm³/mol. The molecule has 0 saturated heterocycles. The zero-order chi connectivity index (χ0) is 14.6. The largest absolute Gasteiger partial charge is 0.506 e. The topological polar surface area (TPSA) is 77.8 Å². The van der Waals surface area contributed by atoms with Gasteiger partial charge in [-0.2, -0.15) is 0 Å². The van der Waals surface area contributed by atoms with E-state index in [4.69, 9.17) is 16.7 Å². The number of amides is 1. The van der Waals surface area contributed by atoms with Crippen LogP contribution in [0.15, 0.2) is 18.2 Å². The Labute approximate surface area is 116 Å². The van der Waals surface area contributed by atoms with Gasteiger partial charge in [0.2, 0.25) is 0 Å². The molecule has 0 aliphatic carbocycles. The number of carbonyl (C=O) groups is 2. The van der Waals surface area contributed by atoms with Gasteiger partial charge in [0.25, 0.3) is 5.91 Å². The van der Waals surface area contributed by atoms with Crippen molar-refractivity contribution in [1.29, 1.82) is 0 Å². The molecule has 0 heterocycles. The van der Waals surface area contributed by atoms with Crippen LogP contribution in [0.3, 0.4) is 0 Å². The monoisotopic (exact) mass is 285 g/mol. The highest BCUT2D eigenvalue weighted by atomic mass is 35.5. The molecule has 1 aromatic rings. The minimum absolute atomic E-state index is 0.0905. The number of hydrogen-bond acceptors (Lipinski definition) is 3. The van der Waals surface area contributed by atoms with E-state index in [1.54, 1.807) is 13.8 Å². The maximum atomic E-state index is 12.3. The van der Waals surface area contributed by atoms with E-state index in [2.05, 4.69) is 0 Å². The van der Waals surface area contributed by atoms with Gasteiger partial charge in [0, 0.05) is 18.2 Å². The van der Waals surface area contributed by atoms with Crippen LogP contribution in [0.25, 0.3) is 0 Å². The van der Waals surface area contributed by atoms with Gasteiger partial charge in [0.1, 0.15) is 5.75 Å². The van der Waals surface area contributed by atoms with Crippen molar-refractivity contribution in [3.05, 3.63) is 28.8 Å². The molecule has 6 heteroatoms. The second-order valence-corrected chi connectivity index (χ2v) is 4.61. The first-order valence-electron chi connectivity index (χ1n) is 5.88. The Morgan fingerprint density at radius 2 is 2.05 bits per heavy atom. The van der Waals surface area contributed by atoms with Crippen molar-refractivity contribution >= 4 is 23.5 Å². The Kier molecular flexibility index (Phi) is 5.18. The zero-order valence-corrected chi connectivity index (χ0v) is 11.5. The summed E-state index contributed by atoms with van der Waals surface area (Å²) in [6.45, 7) is 3.85. The molecule has 1 rings (SSSR count). The second-order valence-electron chi connectivity index (χ2n) is 4.20. The fourth-order valence-electron chi connectivity index (χ4n) is 1.82. The van der Waals surface area contributed by atoms with Crippen LogP contribution in [0.5, 0.6) is 5.75 Å². The summed E-state index contributed by atoms with van der Waals surface area (Å²) in [6.07, 6.45) is -0.120. The number of phenolic OH excluding ortho intramolecular Hbond substituents is 1. The first kappa shape index (κ1) is 15.3. The summed E-state index contributed by atoms with van der Waals surface area (Å²) < 4.78 is 0. The molecule has 0 aromatic heterocycles. The maximum Gasteiger partial charge on any atom is 0.305 e. The van der Waals surface area contributed by atoms with Crippen LogP contribution in [0.4, 0.5) is 0 Å². The Morgan fingerprint density at radius 3 is 2.53 bits per heavy atom. The van der Waals surface area contributed by atoms with Crippen molar-refractivity contribution in [2.45, 2.75) is 26.3 Å². The number of phenols is 1. The standard InChI is InChI=1S/C13H16ClNO4/c1-3-15(8(2)6-12(17)18)13(19)9-4-5-11(16)10(14)7-9/h4-5,7-8,16H,3,6H2,1-2H3,(H,17,18). The van der Waals surface area contributed by atoms with E-state index >= 15 is 0 Å². The summed E-state index contributed by atoms with van der Waals surface area (Å²) in [4.78, 5) is 24.4. The average molecular weight is 286 g/mol. The molecule has 1 aromatic carbocycles. The molecular weight excluding hydrogens is 270 g/mol. The third kappa shape index (κ3) is 3.86. The molecule has 1 unspecified atom stereocenters. The van der Waals surface area contributed by atoms with E-state index in [0.29, 0.717) is 12.1 Å². The van der Waals surface area contributed by atoms with Gasteiger partial charge in [0.05, 0.1) is 11.4 Å². The molecule has 0 saturated carbocycles. The molecule has 0 bridgehead atoms. The van der Waals surface area contributed by atoms with Gasteiger partial charge in [-0.05, 0) is 32.0 Å². The van der Waals surface area contributed by atoms with Crippen molar-refractivity contribution in [3.63, 3.8) is 0 Å². The van der Waals surface area contributed by atoms with Crippen molar-refractivity contribution in [1.82, 2.24) is 4.90 Å². The van der Waals surface area contributed by atoms with Crippen LogP contribution in [0, 0.1) is 0 Å². The number of carbonyl (C=O) groups excluding carboxylic acids is 1. The lowest BCUT2D eigenvalue weighted by Crippen LogP contribution is -2.39. The van der Waals surface area contributed by atoms with Crippen LogP contribution in [-0.2, 0) is 4.79 Å². The number of carboxylic acids is 1. The molecule has 0 fully saturated rings. The SMILES string of the molecule is CCN(C(=O)c1ccc(O)c(Cl)c1)C(C)CC(=O)O. The lowest BCUT2D eigenvalue weighted by Gasteiger charge is -2.27. The van der Waals surface area contributed by atoms with E-state index in [1.165, 1.54) is 23.1 Å². The molecule has 0 aliphatic heterocycles. The Balaban J connectivity index is 2.94. The summed E-state index contributed by atoms with van der Waals surface area (Å²) in [7, 11) is 0. The Morgan fingerprint density at radius 1 is 1.42 bits per heavy atom. The van der Waals surface area contributed by atoms with E-state index in [9.17, 15) is 14.7 Å². The first-order chi connectivity index (χ1) is 8.86. The molecule has 0 aliphatic rings.